The second kappa shape index (κ2) is 10.1. The van der Waals surface area contributed by atoms with Gasteiger partial charge in [-0.25, -0.2) is 9.59 Å². The molecular formula is C24H23N5O6. The number of aryl methyl sites for hydroxylation is 1. The van der Waals surface area contributed by atoms with Gasteiger partial charge in [-0.1, -0.05) is 48.5 Å². The van der Waals surface area contributed by atoms with Gasteiger partial charge in [-0.05, 0) is 22.3 Å². The number of aromatic nitrogens is 2. The van der Waals surface area contributed by atoms with Crippen LogP contribution >= 0.6 is 0 Å². The van der Waals surface area contributed by atoms with Crippen molar-refractivity contribution in [2.24, 2.45) is 7.05 Å². The molecule has 0 atom stereocenters. The number of anilines is 1. The van der Waals surface area contributed by atoms with Crippen LogP contribution in [0.4, 0.5) is 10.5 Å². The quantitative estimate of drug-likeness (QED) is 0.385. The zero-order valence-corrected chi connectivity index (χ0v) is 18.8. The van der Waals surface area contributed by atoms with Gasteiger partial charge in [0, 0.05) is 19.2 Å². The lowest BCUT2D eigenvalue weighted by molar-refractivity contribution is -0.123. The van der Waals surface area contributed by atoms with Crippen LogP contribution in [0.2, 0.25) is 0 Å². The Bertz CT molecular complexity index is 1260. The Morgan fingerprint density at radius 2 is 1.54 bits per heavy atom. The van der Waals surface area contributed by atoms with Gasteiger partial charge < -0.3 is 25.8 Å². The first-order valence-electron chi connectivity index (χ1n) is 10.8. The molecule has 0 radical (unpaired) electrons. The summed E-state index contributed by atoms with van der Waals surface area (Å²) in [5.74, 6) is -2.65. The van der Waals surface area contributed by atoms with Crippen LogP contribution in [-0.4, -0.2) is 58.5 Å². The fourth-order valence-electron chi connectivity index (χ4n) is 3.98. The lowest BCUT2D eigenvalue weighted by Gasteiger charge is -2.14. The third-order valence-corrected chi connectivity index (χ3v) is 5.49. The SMILES string of the molecule is Cn1cc(NC(=O)CNC(=O)CNC(=O)OCC2c3ccccc3-c3ccccc32)c(C(=O)O)n1. The highest BCUT2D eigenvalue weighted by molar-refractivity contribution is 6.00. The summed E-state index contributed by atoms with van der Waals surface area (Å²) in [6.45, 7) is -0.697. The van der Waals surface area contributed by atoms with Gasteiger partial charge in [0.15, 0.2) is 5.69 Å². The number of carbonyl (C=O) groups is 4. The summed E-state index contributed by atoms with van der Waals surface area (Å²) in [6, 6.07) is 15.9. The number of nitrogens with one attached hydrogen (secondary N) is 3. The maximum absolute atomic E-state index is 12.2. The van der Waals surface area contributed by atoms with Crippen molar-refractivity contribution < 1.29 is 29.0 Å². The molecule has 1 aromatic heterocycles. The van der Waals surface area contributed by atoms with Crippen LogP contribution in [0.15, 0.2) is 54.7 Å². The standard InChI is InChI=1S/C24H23N5O6/c1-29-12-19(22(28-29)23(32)33)27-21(31)11-25-20(30)10-26-24(34)35-13-18-16-8-4-2-6-14(16)15-7-3-5-9-17(15)18/h2-9,12,18H,10-11,13H2,1H3,(H,25,30)(H,26,34)(H,27,31)(H,32,33). The number of alkyl carbamates (subject to hydrolysis) is 1. The third-order valence-electron chi connectivity index (χ3n) is 5.49. The van der Waals surface area contributed by atoms with Gasteiger partial charge >= 0.3 is 12.1 Å². The molecule has 0 saturated heterocycles. The number of ether oxygens (including phenoxy) is 1. The normalized spacial score (nSPS) is 11.8. The van der Waals surface area contributed by atoms with Gasteiger partial charge in [0.2, 0.25) is 11.8 Å². The zero-order chi connectivity index (χ0) is 24.9. The van der Waals surface area contributed by atoms with Crippen molar-refractivity contribution in [3.63, 3.8) is 0 Å². The smallest absolute Gasteiger partial charge is 0.407 e. The Labute approximate surface area is 200 Å². The predicted molar refractivity (Wildman–Crippen MR) is 125 cm³/mol. The molecule has 1 aliphatic carbocycles. The lowest BCUT2D eigenvalue weighted by atomic mass is 9.98. The number of aromatic carboxylic acids is 1. The molecule has 1 aliphatic rings. The van der Waals surface area contributed by atoms with Crippen LogP contribution in [0.5, 0.6) is 0 Å². The molecule has 180 valence electrons. The first-order valence-corrected chi connectivity index (χ1v) is 10.8. The van der Waals surface area contributed by atoms with Gasteiger partial charge in [-0.3, -0.25) is 14.3 Å². The summed E-state index contributed by atoms with van der Waals surface area (Å²) in [6.07, 6.45) is 0.579. The van der Waals surface area contributed by atoms with E-state index >= 15 is 0 Å². The van der Waals surface area contributed by atoms with Crippen molar-refractivity contribution in [1.82, 2.24) is 20.4 Å². The maximum Gasteiger partial charge on any atom is 0.407 e. The van der Waals surface area contributed by atoms with E-state index in [1.165, 1.54) is 17.9 Å². The Kier molecular flexibility index (Phi) is 6.76. The van der Waals surface area contributed by atoms with Crippen molar-refractivity contribution in [1.29, 1.82) is 0 Å². The number of carboxylic acid groups (broad SMARTS) is 1. The molecule has 3 aromatic rings. The van der Waals surface area contributed by atoms with Crippen LogP contribution in [0.3, 0.4) is 0 Å². The molecule has 3 amide bonds. The van der Waals surface area contributed by atoms with Gasteiger partial charge in [0.25, 0.3) is 0 Å². The van der Waals surface area contributed by atoms with Gasteiger partial charge in [-0.2, -0.15) is 5.10 Å². The fraction of sp³-hybridized carbons (Fsp3) is 0.208. The van der Waals surface area contributed by atoms with Crippen molar-refractivity contribution in [2.45, 2.75) is 5.92 Å². The van der Waals surface area contributed by atoms with E-state index in [0.29, 0.717) is 0 Å². The van der Waals surface area contributed by atoms with E-state index < -0.39 is 37.0 Å². The largest absolute Gasteiger partial charge is 0.476 e. The van der Waals surface area contributed by atoms with Gasteiger partial charge in [-0.15, -0.1) is 0 Å². The number of nitrogens with zero attached hydrogens (tertiary/aromatic N) is 2. The molecule has 11 heteroatoms. The molecule has 1 heterocycles. The van der Waals surface area contributed by atoms with Crippen molar-refractivity contribution >= 4 is 29.6 Å². The molecule has 35 heavy (non-hydrogen) atoms. The molecule has 0 bridgehead atoms. The van der Waals surface area contributed by atoms with Gasteiger partial charge in [0.1, 0.15) is 13.2 Å². The minimum atomic E-state index is -1.29. The Balaban J connectivity index is 1.22. The van der Waals surface area contributed by atoms with Gasteiger partial charge in [0.05, 0.1) is 12.2 Å². The van der Waals surface area contributed by atoms with Crippen LogP contribution in [0.1, 0.15) is 27.5 Å². The number of amides is 3. The summed E-state index contributed by atoms with van der Waals surface area (Å²) in [4.78, 5) is 47.3. The van der Waals surface area contributed by atoms with E-state index in [-0.39, 0.29) is 23.9 Å². The van der Waals surface area contributed by atoms with Crippen LogP contribution in [0.25, 0.3) is 11.1 Å². The molecule has 0 fully saturated rings. The topological polar surface area (TPSA) is 152 Å². The number of fused-ring (bicyclic) bond motifs is 3. The van der Waals surface area contributed by atoms with Crippen molar-refractivity contribution in [2.75, 3.05) is 25.0 Å². The van der Waals surface area contributed by atoms with Crippen LogP contribution in [-0.2, 0) is 21.4 Å². The molecule has 0 saturated carbocycles. The molecule has 4 rings (SSSR count). The minimum Gasteiger partial charge on any atom is -0.476 e. The monoisotopic (exact) mass is 477 g/mol. The average molecular weight is 477 g/mol. The van der Waals surface area contributed by atoms with Crippen LogP contribution in [0, 0.1) is 0 Å². The highest BCUT2D eigenvalue weighted by atomic mass is 16.5. The second-order valence-corrected chi connectivity index (χ2v) is 7.87. The van der Waals surface area contributed by atoms with E-state index in [1.54, 1.807) is 0 Å². The van der Waals surface area contributed by atoms with E-state index in [0.717, 1.165) is 22.3 Å². The van der Waals surface area contributed by atoms with Crippen molar-refractivity contribution in [3.05, 3.63) is 71.5 Å². The van der Waals surface area contributed by atoms with E-state index in [9.17, 15) is 19.2 Å². The summed E-state index contributed by atoms with van der Waals surface area (Å²) in [5, 5.41) is 19.9. The number of hydrogen-bond donors (Lipinski definition) is 4. The first-order chi connectivity index (χ1) is 16.8. The number of rotatable bonds is 8. The third kappa shape index (κ3) is 5.29. The maximum atomic E-state index is 12.2. The Morgan fingerprint density at radius 3 is 2.17 bits per heavy atom. The van der Waals surface area contributed by atoms with E-state index in [2.05, 4.69) is 21.0 Å². The molecule has 11 nitrogen and oxygen atoms in total. The molecule has 2 aromatic carbocycles. The average Bonchev–Trinajstić information content (AvgIpc) is 3.37. The Hall–Kier alpha value is -4.67. The summed E-state index contributed by atoms with van der Waals surface area (Å²) >= 11 is 0. The number of hydrogen-bond acceptors (Lipinski definition) is 6. The minimum absolute atomic E-state index is 0.0102. The lowest BCUT2D eigenvalue weighted by Crippen LogP contribution is -2.40. The summed E-state index contributed by atoms with van der Waals surface area (Å²) < 4.78 is 6.60. The second-order valence-electron chi connectivity index (χ2n) is 7.87. The van der Waals surface area contributed by atoms with Crippen molar-refractivity contribution in [3.8, 4) is 11.1 Å². The predicted octanol–water partition coefficient (Wildman–Crippen LogP) is 1.71. The molecule has 0 spiro atoms. The Morgan fingerprint density at radius 1 is 0.943 bits per heavy atom. The fourth-order valence-corrected chi connectivity index (χ4v) is 3.98. The molecule has 4 N–H and O–H groups in total. The van der Waals surface area contributed by atoms with E-state index in [1.807, 2.05) is 48.5 Å². The summed E-state index contributed by atoms with van der Waals surface area (Å²) in [7, 11) is 1.51. The molecular weight excluding hydrogens is 454 g/mol. The van der Waals surface area contributed by atoms with E-state index in [4.69, 9.17) is 9.84 Å². The summed E-state index contributed by atoms with van der Waals surface area (Å²) in [5.41, 5.74) is 4.06. The first kappa shape index (κ1) is 23.5. The number of carboxylic acids is 1. The number of carbonyl (C=O) groups excluding carboxylic acids is 3. The highest BCUT2D eigenvalue weighted by Gasteiger charge is 2.29. The zero-order valence-electron chi connectivity index (χ0n) is 18.8. The van der Waals surface area contributed by atoms with Crippen LogP contribution < -0.4 is 16.0 Å². The molecule has 0 aliphatic heterocycles. The molecule has 0 unspecified atom stereocenters. The highest BCUT2D eigenvalue weighted by Crippen LogP contribution is 2.44. The number of benzene rings is 2.